The molecule has 108 valence electrons. The first-order valence-electron chi connectivity index (χ1n) is 5.88. The Morgan fingerprint density at radius 2 is 2.05 bits per heavy atom. The van der Waals surface area contributed by atoms with Crippen LogP contribution in [0.2, 0.25) is 0 Å². The van der Waals surface area contributed by atoms with Crippen molar-refractivity contribution in [1.29, 1.82) is 0 Å². The van der Waals surface area contributed by atoms with E-state index in [0.29, 0.717) is 29.1 Å². The molecule has 0 aliphatic rings. The van der Waals surface area contributed by atoms with Gasteiger partial charge in [-0.25, -0.2) is 9.67 Å². The van der Waals surface area contributed by atoms with E-state index in [0.717, 1.165) is 12.1 Å². The van der Waals surface area contributed by atoms with Gasteiger partial charge >= 0.3 is 6.18 Å². The third kappa shape index (κ3) is 3.50. The molecule has 2 aromatic rings. The van der Waals surface area contributed by atoms with E-state index in [-0.39, 0.29) is 0 Å². The zero-order valence-electron chi connectivity index (χ0n) is 10.6. The number of hydrogen-bond donors (Lipinski definition) is 1. The Labute approximate surface area is 122 Å². The lowest BCUT2D eigenvalue weighted by Gasteiger charge is -2.11. The summed E-state index contributed by atoms with van der Waals surface area (Å²) in [6, 6.07) is 3.69. The maximum Gasteiger partial charge on any atom is 0.416 e. The lowest BCUT2D eigenvalue weighted by Crippen LogP contribution is -2.10. The summed E-state index contributed by atoms with van der Waals surface area (Å²) >= 11 is 3.08. The molecule has 0 fully saturated rings. The third-order valence-electron chi connectivity index (χ3n) is 2.67. The van der Waals surface area contributed by atoms with Crippen molar-refractivity contribution in [1.82, 2.24) is 14.8 Å². The zero-order valence-corrected chi connectivity index (χ0v) is 12.2. The van der Waals surface area contributed by atoms with Gasteiger partial charge in [0.1, 0.15) is 12.2 Å². The molecule has 1 N–H and O–H groups in total. The molecular formula is C12H12BrF3N4. The molecule has 20 heavy (non-hydrogen) atoms. The Bertz CT molecular complexity index is 595. The number of nitrogens with zero attached hydrogens (tertiary/aromatic N) is 3. The standard InChI is InChI=1S/C12H12BrF3N4/c1-2-20-11(18-7-19-20)6-17-10-4-8(12(14,15)16)3-9(13)5-10/h3-5,7,17H,2,6H2,1H3. The summed E-state index contributed by atoms with van der Waals surface area (Å²) < 4.78 is 40.2. The van der Waals surface area contributed by atoms with Gasteiger partial charge in [0.2, 0.25) is 0 Å². The molecule has 0 bridgehead atoms. The van der Waals surface area contributed by atoms with Crippen LogP contribution in [0.5, 0.6) is 0 Å². The van der Waals surface area contributed by atoms with Gasteiger partial charge in [-0.3, -0.25) is 0 Å². The number of rotatable bonds is 4. The lowest BCUT2D eigenvalue weighted by molar-refractivity contribution is -0.137. The molecule has 1 heterocycles. The van der Waals surface area contributed by atoms with Gasteiger partial charge in [-0.05, 0) is 25.1 Å². The van der Waals surface area contributed by atoms with E-state index in [2.05, 4.69) is 31.3 Å². The molecule has 1 aromatic carbocycles. The summed E-state index contributed by atoms with van der Waals surface area (Å²) in [6.07, 6.45) is -2.95. The molecule has 8 heteroatoms. The minimum absolute atomic E-state index is 0.307. The molecule has 0 unspecified atom stereocenters. The SMILES string of the molecule is CCn1ncnc1CNc1cc(Br)cc(C(F)(F)F)c1. The van der Waals surface area contributed by atoms with Crippen LogP contribution in [0.25, 0.3) is 0 Å². The maximum atomic E-state index is 12.7. The van der Waals surface area contributed by atoms with E-state index in [9.17, 15) is 13.2 Å². The topological polar surface area (TPSA) is 42.7 Å². The third-order valence-corrected chi connectivity index (χ3v) is 3.13. The Balaban J connectivity index is 2.16. The van der Waals surface area contributed by atoms with Gasteiger partial charge in [-0.2, -0.15) is 18.3 Å². The largest absolute Gasteiger partial charge is 0.416 e. The van der Waals surface area contributed by atoms with E-state index in [1.54, 1.807) is 10.7 Å². The van der Waals surface area contributed by atoms with Gasteiger partial charge < -0.3 is 5.32 Å². The van der Waals surface area contributed by atoms with Gasteiger partial charge in [0.15, 0.2) is 0 Å². The number of hydrogen-bond acceptors (Lipinski definition) is 3. The highest BCUT2D eigenvalue weighted by molar-refractivity contribution is 9.10. The highest BCUT2D eigenvalue weighted by Crippen LogP contribution is 2.33. The number of benzene rings is 1. The van der Waals surface area contributed by atoms with Crippen LogP contribution in [-0.2, 0) is 19.3 Å². The first kappa shape index (κ1) is 14.8. The molecule has 0 saturated carbocycles. The number of nitrogens with one attached hydrogen (secondary N) is 1. The van der Waals surface area contributed by atoms with E-state index in [4.69, 9.17) is 0 Å². The van der Waals surface area contributed by atoms with Gasteiger partial charge in [-0.1, -0.05) is 15.9 Å². The summed E-state index contributed by atoms with van der Waals surface area (Å²) in [4.78, 5) is 4.05. The quantitative estimate of drug-likeness (QED) is 0.916. The zero-order chi connectivity index (χ0) is 14.8. The first-order chi connectivity index (χ1) is 9.40. The summed E-state index contributed by atoms with van der Waals surface area (Å²) in [5.74, 6) is 0.668. The van der Waals surface area contributed by atoms with Crippen molar-refractivity contribution in [3.8, 4) is 0 Å². The molecule has 0 aliphatic carbocycles. The van der Waals surface area contributed by atoms with Crippen molar-refractivity contribution < 1.29 is 13.2 Å². The van der Waals surface area contributed by atoms with E-state index < -0.39 is 11.7 Å². The van der Waals surface area contributed by atoms with Crippen molar-refractivity contribution in [2.75, 3.05) is 5.32 Å². The number of halogens is 4. The molecule has 0 saturated heterocycles. The normalized spacial score (nSPS) is 11.7. The van der Waals surface area contributed by atoms with Crippen molar-refractivity contribution in [2.45, 2.75) is 26.2 Å². The lowest BCUT2D eigenvalue weighted by atomic mass is 10.2. The van der Waals surface area contributed by atoms with Gasteiger partial charge in [0.25, 0.3) is 0 Å². The summed E-state index contributed by atoms with van der Waals surface area (Å²) in [6.45, 7) is 2.88. The number of aromatic nitrogens is 3. The van der Waals surface area contributed by atoms with E-state index in [1.807, 2.05) is 6.92 Å². The van der Waals surface area contributed by atoms with Gasteiger partial charge in [-0.15, -0.1) is 0 Å². The number of alkyl halides is 3. The Hall–Kier alpha value is -1.57. The van der Waals surface area contributed by atoms with Crippen molar-refractivity contribution >= 4 is 21.6 Å². The smallest absolute Gasteiger partial charge is 0.378 e. The number of anilines is 1. The summed E-state index contributed by atoms with van der Waals surface area (Å²) in [5, 5.41) is 6.92. The molecular weight excluding hydrogens is 337 g/mol. The Kier molecular flexibility index (Phi) is 4.32. The van der Waals surface area contributed by atoms with Crippen LogP contribution in [0, 0.1) is 0 Å². The predicted octanol–water partition coefficient (Wildman–Crippen LogP) is 3.69. The second kappa shape index (κ2) is 5.82. The van der Waals surface area contributed by atoms with Crippen molar-refractivity contribution in [2.24, 2.45) is 0 Å². The Morgan fingerprint density at radius 1 is 1.30 bits per heavy atom. The second-order valence-electron chi connectivity index (χ2n) is 4.07. The van der Waals surface area contributed by atoms with Crippen LogP contribution in [0.3, 0.4) is 0 Å². The fourth-order valence-corrected chi connectivity index (χ4v) is 2.22. The molecule has 0 amide bonds. The van der Waals surface area contributed by atoms with E-state index in [1.165, 1.54) is 6.33 Å². The van der Waals surface area contributed by atoms with Crippen LogP contribution in [0.4, 0.5) is 18.9 Å². The predicted molar refractivity (Wildman–Crippen MR) is 72.2 cm³/mol. The minimum atomic E-state index is -4.37. The fourth-order valence-electron chi connectivity index (χ4n) is 1.73. The maximum absolute atomic E-state index is 12.7. The Morgan fingerprint density at radius 3 is 2.70 bits per heavy atom. The molecule has 1 aromatic heterocycles. The highest BCUT2D eigenvalue weighted by Gasteiger charge is 2.31. The van der Waals surface area contributed by atoms with Crippen LogP contribution in [-0.4, -0.2) is 14.8 Å². The van der Waals surface area contributed by atoms with Crippen LogP contribution >= 0.6 is 15.9 Å². The molecule has 4 nitrogen and oxygen atoms in total. The molecule has 0 atom stereocenters. The van der Waals surface area contributed by atoms with Gasteiger partial charge in [0.05, 0.1) is 12.1 Å². The summed E-state index contributed by atoms with van der Waals surface area (Å²) in [7, 11) is 0. The molecule has 0 radical (unpaired) electrons. The van der Waals surface area contributed by atoms with Crippen molar-refractivity contribution in [3.63, 3.8) is 0 Å². The molecule has 0 spiro atoms. The molecule has 2 rings (SSSR count). The van der Waals surface area contributed by atoms with Gasteiger partial charge in [0, 0.05) is 16.7 Å². The first-order valence-corrected chi connectivity index (χ1v) is 6.68. The minimum Gasteiger partial charge on any atom is -0.378 e. The van der Waals surface area contributed by atoms with Crippen LogP contribution in [0.1, 0.15) is 18.3 Å². The average Bonchev–Trinajstić information content (AvgIpc) is 2.82. The highest BCUT2D eigenvalue weighted by atomic mass is 79.9. The van der Waals surface area contributed by atoms with E-state index >= 15 is 0 Å². The van der Waals surface area contributed by atoms with Crippen LogP contribution in [0.15, 0.2) is 29.0 Å². The van der Waals surface area contributed by atoms with Crippen molar-refractivity contribution in [3.05, 3.63) is 40.4 Å². The monoisotopic (exact) mass is 348 g/mol. The molecule has 0 aliphatic heterocycles. The average molecular weight is 349 g/mol. The summed E-state index contributed by atoms with van der Waals surface area (Å²) in [5.41, 5.74) is -0.330. The fraction of sp³-hybridized carbons (Fsp3) is 0.333. The second-order valence-corrected chi connectivity index (χ2v) is 4.99. The number of aryl methyl sites for hydroxylation is 1. The van der Waals surface area contributed by atoms with Crippen LogP contribution < -0.4 is 5.32 Å².